The van der Waals surface area contributed by atoms with Gasteiger partial charge < -0.3 is 4.90 Å². The summed E-state index contributed by atoms with van der Waals surface area (Å²) in [5.74, 6) is -0.354. The number of likely N-dealkylation sites (N-methyl/N-ethyl adjacent to an activating group) is 1. The van der Waals surface area contributed by atoms with Crippen molar-refractivity contribution in [2.24, 2.45) is 0 Å². The number of carbonyl (C=O) groups is 1. The number of rotatable bonds is 4. The van der Waals surface area contributed by atoms with Crippen LogP contribution in [0.5, 0.6) is 0 Å². The van der Waals surface area contributed by atoms with Crippen LogP contribution in [0.25, 0.3) is 0 Å². The van der Waals surface area contributed by atoms with Crippen LogP contribution in [-0.2, 0) is 6.42 Å². The Labute approximate surface area is 122 Å². The molecule has 1 unspecified atom stereocenters. The van der Waals surface area contributed by atoms with Crippen molar-refractivity contribution in [1.82, 2.24) is 4.90 Å². The first-order valence-corrected chi connectivity index (χ1v) is 7.42. The van der Waals surface area contributed by atoms with E-state index in [9.17, 15) is 9.18 Å². The number of carbonyl (C=O) groups excluding carboxylic acids is 1. The summed E-state index contributed by atoms with van der Waals surface area (Å²) in [6.45, 7) is 3.69. The maximum Gasteiger partial charge on any atom is 0.253 e. The fourth-order valence-corrected chi connectivity index (χ4v) is 2.86. The molecular weight excluding hydrogens is 273 g/mol. The lowest BCUT2D eigenvalue weighted by Crippen LogP contribution is -2.36. The van der Waals surface area contributed by atoms with Crippen LogP contribution in [0, 0.1) is 12.7 Å². The molecule has 1 aromatic carbocycles. The molecule has 1 atom stereocenters. The van der Waals surface area contributed by atoms with E-state index in [-0.39, 0.29) is 17.8 Å². The van der Waals surface area contributed by atoms with Crippen LogP contribution in [0.1, 0.15) is 27.7 Å². The van der Waals surface area contributed by atoms with E-state index in [4.69, 9.17) is 0 Å². The van der Waals surface area contributed by atoms with E-state index in [1.807, 2.05) is 18.4 Å². The molecule has 0 fully saturated rings. The first kappa shape index (κ1) is 14.7. The van der Waals surface area contributed by atoms with Crippen LogP contribution in [0.2, 0.25) is 0 Å². The van der Waals surface area contributed by atoms with Gasteiger partial charge in [-0.1, -0.05) is 6.07 Å². The molecule has 0 aliphatic heterocycles. The SMILES string of the molecule is Cc1cc(C(=O)N(C)C(C)Cc2cccs2)ccc1F. The molecule has 0 aliphatic carbocycles. The van der Waals surface area contributed by atoms with Gasteiger partial charge in [0.2, 0.25) is 0 Å². The van der Waals surface area contributed by atoms with E-state index in [0.29, 0.717) is 11.1 Å². The summed E-state index contributed by atoms with van der Waals surface area (Å²) in [7, 11) is 1.79. The van der Waals surface area contributed by atoms with Gasteiger partial charge in [0.1, 0.15) is 5.82 Å². The minimum absolute atomic E-state index is 0.0721. The second-order valence-corrected chi connectivity index (χ2v) is 6.04. The highest BCUT2D eigenvalue weighted by atomic mass is 32.1. The Bertz CT molecular complexity index is 595. The maximum absolute atomic E-state index is 13.3. The average molecular weight is 291 g/mol. The van der Waals surface area contributed by atoms with Crippen molar-refractivity contribution in [3.8, 4) is 0 Å². The summed E-state index contributed by atoms with van der Waals surface area (Å²) < 4.78 is 13.3. The predicted molar refractivity (Wildman–Crippen MR) is 80.7 cm³/mol. The van der Waals surface area contributed by atoms with Gasteiger partial charge in [0.15, 0.2) is 0 Å². The second kappa shape index (κ2) is 6.18. The van der Waals surface area contributed by atoms with Gasteiger partial charge in [-0.3, -0.25) is 4.79 Å². The number of amides is 1. The molecule has 0 saturated heterocycles. The monoisotopic (exact) mass is 291 g/mol. The quantitative estimate of drug-likeness (QED) is 0.836. The van der Waals surface area contributed by atoms with E-state index in [1.165, 1.54) is 10.9 Å². The molecule has 0 spiro atoms. The lowest BCUT2D eigenvalue weighted by Gasteiger charge is -2.25. The fraction of sp³-hybridized carbons (Fsp3) is 0.312. The molecule has 0 radical (unpaired) electrons. The standard InChI is InChI=1S/C16H18FNOS/c1-11-9-13(6-7-15(11)17)16(19)18(3)12(2)10-14-5-4-8-20-14/h4-9,12H,10H2,1-3H3. The zero-order valence-corrected chi connectivity index (χ0v) is 12.7. The molecule has 0 saturated carbocycles. The van der Waals surface area contributed by atoms with Gasteiger partial charge in [-0.2, -0.15) is 0 Å². The highest BCUT2D eigenvalue weighted by Gasteiger charge is 2.18. The molecule has 0 N–H and O–H groups in total. The highest BCUT2D eigenvalue weighted by molar-refractivity contribution is 7.09. The maximum atomic E-state index is 13.3. The fourth-order valence-electron chi connectivity index (χ4n) is 2.04. The predicted octanol–water partition coefficient (Wildman–Crippen LogP) is 3.90. The van der Waals surface area contributed by atoms with Crippen LogP contribution in [0.3, 0.4) is 0 Å². The van der Waals surface area contributed by atoms with E-state index < -0.39 is 0 Å². The van der Waals surface area contributed by atoms with E-state index >= 15 is 0 Å². The Balaban J connectivity index is 2.09. The second-order valence-electron chi connectivity index (χ2n) is 5.01. The van der Waals surface area contributed by atoms with Crippen molar-refractivity contribution in [3.63, 3.8) is 0 Å². The molecule has 1 heterocycles. The van der Waals surface area contributed by atoms with Crippen molar-refractivity contribution in [2.75, 3.05) is 7.05 Å². The molecule has 2 rings (SSSR count). The zero-order valence-electron chi connectivity index (χ0n) is 11.9. The van der Waals surface area contributed by atoms with Gasteiger partial charge in [-0.05, 0) is 49.1 Å². The first-order chi connectivity index (χ1) is 9.49. The third kappa shape index (κ3) is 3.25. The van der Waals surface area contributed by atoms with Crippen molar-refractivity contribution in [1.29, 1.82) is 0 Å². The van der Waals surface area contributed by atoms with Gasteiger partial charge in [-0.25, -0.2) is 4.39 Å². The van der Waals surface area contributed by atoms with E-state index in [2.05, 4.69) is 6.07 Å². The normalized spacial score (nSPS) is 12.2. The minimum atomic E-state index is -0.282. The van der Waals surface area contributed by atoms with Crippen molar-refractivity contribution >= 4 is 17.2 Å². The number of hydrogen-bond donors (Lipinski definition) is 0. The van der Waals surface area contributed by atoms with Gasteiger partial charge in [0.05, 0.1) is 0 Å². The molecule has 4 heteroatoms. The highest BCUT2D eigenvalue weighted by Crippen LogP contribution is 2.16. The van der Waals surface area contributed by atoms with Gasteiger partial charge in [0.25, 0.3) is 5.91 Å². The van der Waals surface area contributed by atoms with Crippen LogP contribution in [-0.4, -0.2) is 23.9 Å². The van der Waals surface area contributed by atoms with Crippen molar-refractivity contribution in [3.05, 3.63) is 57.5 Å². The lowest BCUT2D eigenvalue weighted by atomic mass is 10.1. The molecule has 0 aliphatic rings. The molecular formula is C16H18FNOS. The first-order valence-electron chi connectivity index (χ1n) is 6.54. The Morgan fingerprint density at radius 2 is 2.15 bits per heavy atom. The summed E-state index contributed by atoms with van der Waals surface area (Å²) in [6.07, 6.45) is 0.833. The summed E-state index contributed by atoms with van der Waals surface area (Å²) in [5.41, 5.74) is 1.03. The van der Waals surface area contributed by atoms with Crippen LogP contribution in [0.15, 0.2) is 35.7 Å². The number of hydrogen-bond acceptors (Lipinski definition) is 2. The molecule has 0 bridgehead atoms. The Morgan fingerprint density at radius 1 is 1.40 bits per heavy atom. The van der Waals surface area contributed by atoms with Gasteiger partial charge in [-0.15, -0.1) is 11.3 Å². The minimum Gasteiger partial charge on any atom is -0.339 e. The van der Waals surface area contributed by atoms with E-state index in [0.717, 1.165) is 6.42 Å². The molecule has 2 nitrogen and oxygen atoms in total. The summed E-state index contributed by atoms with van der Waals surface area (Å²) in [4.78, 5) is 15.4. The number of halogens is 1. The molecule has 20 heavy (non-hydrogen) atoms. The lowest BCUT2D eigenvalue weighted by molar-refractivity contribution is 0.0744. The molecule has 1 amide bonds. The Kier molecular flexibility index (Phi) is 4.55. The zero-order chi connectivity index (χ0) is 14.7. The third-order valence-electron chi connectivity index (χ3n) is 3.46. The number of thiophene rings is 1. The van der Waals surface area contributed by atoms with Crippen molar-refractivity contribution < 1.29 is 9.18 Å². The summed E-state index contributed by atoms with van der Waals surface area (Å²) >= 11 is 1.69. The summed E-state index contributed by atoms with van der Waals surface area (Å²) in [5, 5.41) is 2.03. The van der Waals surface area contributed by atoms with Crippen molar-refractivity contribution in [2.45, 2.75) is 26.3 Å². The van der Waals surface area contributed by atoms with Crippen LogP contribution < -0.4 is 0 Å². The summed E-state index contributed by atoms with van der Waals surface area (Å²) in [6, 6.07) is 8.68. The van der Waals surface area contributed by atoms with E-state index in [1.54, 1.807) is 42.3 Å². The Morgan fingerprint density at radius 3 is 2.75 bits per heavy atom. The number of nitrogens with zero attached hydrogens (tertiary/aromatic N) is 1. The number of benzene rings is 1. The largest absolute Gasteiger partial charge is 0.339 e. The topological polar surface area (TPSA) is 20.3 Å². The van der Waals surface area contributed by atoms with Crippen LogP contribution in [0.4, 0.5) is 4.39 Å². The third-order valence-corrected chi connectivity index (χ3v) is 4.36. The molecule has 106 valence electrons. The number of aryl methyl sites for hydroxylation is 1. The van der Waals surface area contributed by atoms with Gasteiger partial charge >= 0.3 is 0 Å². The van der Waals surface area contributed by atoms with Crippen LogP contribution >= 0.6 is 11.3 Å². The molecule has 1 aromatic heterocycles. The Hall–Kier alpha value is -1.68. The smallest absolute Gasteiger partial charge is 0.253 e. The average Bonchev–Trinajstić information content (AvgIpc) is 2.93. The van der Waals surface area contributed by atoms with Gasteiger partial charge in [0, 0.05) is 30.0 Å². The molecule has 2 aromatic rings.